The molecule has 6 heteroatoms. The van der Waals surface area contributed by atoms with Gasteiger partial charge in [-0.3, -0.25) is 0 Å². The van der Waals surface area contributed by atoms with Crippen molar-refractivity contribution in [1.82, 2.24) is 4.98 Å². The van der Waals surface area contributed by atoms with Crippen LogP contribution in [0.3, 0.4) is 0 Å². The minimum atomic E-state index is 0.350. The third-order valence-electron chi connectivity index (χ3n) is 4.21. The highest BCUT2D eigenvalue weighted by atomic mass is 32.2. The summed E-state index contributed by atoms with van der Waals surface area (Å²) in [6.45, 7) is 1.07. The second kappa shape index (κ2) is 6.01. The van der Waals surface area contributed by atoms with Crippen molar-refractivity contribution in [2.45, 2.75) is 25.0 Å². The lowest BCUT2D eigenvalue weighted by Crippen LogP contribution is -2.31. The molecule has 1 aromatic heterocycles. The van der Waals surface area contributed by atoms with Crippen LogP contribution in [0.15, 0.2) is 29.6 Å². The molecular weight excluding hydrogens is 314 g/mol. The summed E-state index contributed by atoms with van der Waals surface area (Å²) in [6.07, 6.45) is 2.73. The molecule has 2 saturated heterocycles. The molecule has 0 saturated carbocycles. The van der Waals surface area contributed by atoms with Crippen LogP contribution in [0.5, 0.6) is 5.75 Å². The summed E-state index contributed by atoms with van der Waals surface area (Å²) >= 11 is 3.46. The number of hydrogen-bond acceptors (Lipinski definition) is 6. The lowest BCUT2D eigenvalue weighted by atomic mass is 10.1. The molecule has 2 fully saturated rings. The van der Waals surface area contributed by atoms with Gasteiger partial charge in [-0.25, -0.2) is 4.98 Å². The summed E-state index contributed by atoms with van der Waals surface area (Å²) in [6, 6.07) is 8.85. The molecule has 4 rings (SSSR count). The minimum absolute atomic E-state index is 0.350. The van der Waals surface area contributed by atoms with Gasteiger partial charge in [0.05, 0.1) is 11.7 Å². The maximum absolute atomic E-state index is 5.92. The van der Waals surface area contributed by atoms with E-state index in [4.69, 9.17) is 10.5 Å². The summed E-state index contributed by atoms with van der Waals surface area (Å²) < 4.78 is 5.92. The standard InChI is InChI=1S/C16H19N3OS2/c17-16-18-14(10-22-16)15-2-1-7-19(15)11-3-5-12(6-4-11)20-13-8-21-9-13/h3-6,10,13,15H,1-2,7-9H2,(H2,17,18). The monoisotopic (exact) mass is 333 g/mol. The average molecular weight is 333 g/mol. The molecule has 0 radical (unpaired) electrons. The van der Waals surface area contributed by atoms with Crippen LogP contribution in [0.1, 0.15) is 24.6 Å². The second-order valence-electron chi connectivity index (χ2n) is 5.73. The highest BCUT2D eigenvalue weighted by molar-refractivity contribution is 8.00. The van der Waals surface area contributed by atoms with Gasteiger partial charge in [0.15, 0.2) is 5.13 Å². The Labute approximate surface area is 138 Å². The summed E-state index contributed by atoms with van der Waals surface area (Å²) in [7, 11) is 0. The molecule has 2 aromatic rings. The van der Waals surface area contributed by atoms with Crippen LogP contribution >= 0.6 is 23.1 Å². The van der Waals surface area contributed by atoms with Crippen molar-refractivity contribution in [3.8, 4) is 5.75 Å². The van der Waals surface area contributed by atoms with E-state index in [-0.39, 0.29) is 0 Å². The van der Waals surface area contributed by atoms with E-state index in [0.29, 0.717) is 17.3 Å². The molecule has 2 N–H and O–H groups in total. The molecule has 0 amide bonds. The predicted molar refractivity (Wildman–Crippen MR) is 94.0 cm³/mol. The van der Waals surface area contributed by atoms with Gasteiger partial charge >= 0.3 is 0 Å². The molecular formula is C16H19N3OS2. The Kier molecular flexibility index (Phi) is 3.88. The SMILES string of the molecule is Nc1nc(C2CCCN2c2ccc(OC3CSC3)cc2)cs1. The van der Waals surface area contributed by atoms with E-state index < -0.39 is 0 Å². The fourth-order valence-electron chi connectivity index (χ4n) is 3.03. The summed E-state index contributed by atoms with van der Waals surface area (Å²) in [5.41, 5.74) is 8.13. The van der Waals surface area contributed by atoms with E-state index in [1.54, 1.807) is 0 Å². The van der Waals surface area contributed by atoms with Crippen molar-refractivity contribution in [3.05, 3.63) is 35.3 Å². The van der Waals surface area contributed by atoms with Crippen LogP contribution in [-0.4, -0.2) is 29.1 Å². The Hall–Kier alpha value is -1.40. The third kappa shape index (κ3) is 2.77. The number of benzene rings is 1. The third-order valence-corrected chi connectivity index (χ3v) is 6.12. The second-order valence-corrected chi connectivity index (χ2v) is 7.70. The molecule has 0 aliphatic carbocycles. The molecule has 1 atom stereocenters. The first-order chi connectivity index (χ1) is 10.8. The lowest BCUT2D eigenvalue weighted by Gasteiger charge is -2.27. The number of rotatable bonds is 4. The van der Waals surface area contributed by atoms with E-state index in [1.807, 2.05) is 11.8 Å². The summed E-state index contributed by atoms with van der Waals surface area (Å²) in [5.74, 6) is 3.20. The molecule has 0 spiro atoms. The summed E-state index contributed by atoms with van der Waals surface area (Å²) in [4.78, 5) is 6.90. The number of nitrogens with two attached hydrogens (primary N) is 1. The van der Waals surface area contributed by atoms with Crippen molar-refractivity contribution in [2.75, 3.05) is 28.7 Å². The number of nitrogen functional groups attached to an aromatic ring is 1. The van der Waals surface area contributed by atoms with Crippen molar-refractivity contribution in [1.29, 1.82) is 0 Å². The van der Waals surface area contributed by atoms with E-state index in [1.165, 1.54) is 23.4 Å². The zero-order valence-corrected chi connectivity index (χ0v) is 13.9. The minimum Gasteiger partial charge on any atom is -0.489 e. The number of nitrogens with zero attached hydrogens (tertiary/aromatic N) is 2. The van der Waals surface area contributed by atoms with E-state index in [2.05, 4.69) is 39.5 Å². The number of thioether (sulfide) groups is 1. The van der Waals surface area contributed by atoms with Gasteiger partial charge in [-0.15, -0.1) is 11.3 Å². The fourth-order valence-corrected chi connectivity index (χ4v) is 4.20. The smallest absolute Gasteiger partial charge is 0.180 e. The Morgan fingerprint density at radius 2 is 2.05 bits per heavy atom. The van der Waals surface area contributed by atoms with Crippen LogP contribution in [0.4, 0.5) is 10.8 Å². The highest BCUT2D eigenvalue weighted by Gasteiger charge is 2.28. The first kappa shape index (κ1) is 14.2. The quantitative estimate of drug-likeness (QED) is 0.927. The van der Waals surface area contributed by atoms with Gasteiger partial charge in [0, 0.05) is 29.1 Å². The molecule has 0 bridgehead atoms. The fraction of sp³-hybridized carbons (Fsp3) is 0.438. The van der Waals surface area contributed by atoms with Gasteiger partial charge in [-0.05, 0) is 37.1 Å². The lowest BCUT2D eigenvalue weighted by molar-refractivity contribution is 0.240. The van der Waals surface area contributed by atoms with Crippen LogP contribution in [-0.2, 0) is 0 Å². The first-order valence-electron chi connectivity index (χ1n) is 7.61. The molecule has 22 heavy (non-hydrogen) atoms. The number of anilines is 2. The topological polar surface area (TPSA) is 51.4 Å². The van der Waals surface area contributed by atoms with Crippen molar-refractivity contribution in [2.24, 2.45) is 0 Å². The highest BCUT2D eigenvalue weighted by Crippen LogP contribution is 2.37. The van der Waals surface area contributed by atoms with Gasteiger partial charge in [-0.2, -0.15) is 11.8 Å². The van der Waals surface area contributed by atoms with Crippen LogP contribution in [0.25, 0.3) is 0 Å². The van der Waals surface area contributed by atoms with Crippen LogP contribution < -0.4 is 15.4 Å². The molecule has 116 valence electrons. The van der Waals surface area contributed by atoms with Gasteiger partial charge < -0.3 is 15.4 Å². The zero-order chi connectivity index (χ0) is 14.9. The normalized spacial score (nSPS) is 21.8. The van der Waals surface area contributed by atoms with Gasteiger partial charge in [0.1, 0.15) is 11.9 Å². The van der Waals surface area contributed by atoms with E-state index in [9.17, 15) is 0 Å². The molecule has 1 aromatic carbocycles. The number of thiazole rings is 1. The molecule has 3 heterocycles. The van der Waals surface area contributed by atoms with Crippen LogP contribution in [0, 0.1) is 0 Å². The maximum atomic E-state index is 5.92. The molecule has 2 aliphatic rings. The zero-order valence-electron chi connectivity index (χ0n) is 12.3. The average Bonchev–Trinajstić information content (AvgIpc) is 3.12. The number of ether oxygens (including phenoxy) is 1. The molecule has 4 nitrogen and oxygen atoms in total. The van der Waals surface area contributed by atoms with Gasteiger partial charge in [-0.1, -0.05) is 0 Å². The number of aromatic nitrogens is 1. The Balaban J connectivity index is 1.50. The molecule has 1 unspecified atom stereocenters. The Bertz CT molecular complexity index is 639. The first-order valence-corrected chi connectivity index (χ1v) is 9.65. The molecule has 2 aliphatic heterocycles. The van der Waals surface area contributed by atoms with Crippen molar-refractivity contribution < 1.29 is 4.74 Å². The largest absolute Gasteiger partial charge is 0.489 e. The Morgan fingerprint density at radius 3 is 2.68 bits per heavy atom. The predicted octanol–water partition coefficient (Wildman–Crippen LogP) is 3.56. The van der Waals surface area contributed by atoms with E-state index in [0.717, 1.165) is 35.9 Å². The van der Waals surface area contributed by atoms with Crippen LogP contribution in [0.2, 0.25) is 0 Å². The maximum Gasteiger partial charge on any atom is 0.180 e. The van der Waals surface area contributed by atoms with Gasteiger partial charge in [0.2, 0.25) is 0 Å². The Morgan fingerprint density at radius 1 is 1.23 bits per heavy atom. The number of hydrogen-bond donors (Lipinski definition) is 1. The summed E-state index contributed by atoms with van der Waals surface area (Å²) in [5, 5.41) is 2.74. The van der Waals surface area contributed by atoms with Crippen molar-refractivity contribution >= 4 is 33.9 Å². The van der Waals surface area contributed by atoms with E-state index >= 15 is 0 Å². The van der Waals surface area contributed by atoms with Gasteiger partial charge in [0.25, 0.3) is 0 Å². The van der Waals surface area contributed by atoms with Crippen molar-refractivity contribution in [3.63, 3.8) is 0 Å².